The zero-order valence-corrected chi connectivity index (χ0v) is 24.2. The normalized spacial score (nSPS) is 20.4. The molecule has 3 aromatic rings. The van der Waals surface area contributed by atoms with Crippen LogP contribution in [0.2, 0.25) is 0 Å². The molecule has 2 aliphatic carbocycles. The molecular formula is C28H37N5O6S. The lowest BCUT2D eigenvalue weighted by atomic mass is 9.80. The van der Waals surface area contributed by atoms with Crippen LogP contribution in [0, 0.1) is 18.8 Å². The fourth-order valence-electron chi connectivity index (χ4n) is 5.89. The number of carboxylic acid groups (broad SMARTS) is 1. The summed E-state index contributed by atoms with van der Waals surface area (Å²) in [6, 6.07) is 4.83. The van der Waals surface area contributed by atoms with Gasteiger partial charge >= 0.3 is 5.97 Å². The summed E-state index contributed by atoms with van der Waals surface area (Å²) < 4.78 is 36.2. The largest absolute Gasteiger partial charge is 0.481 e. The Morgan fingerprint density at radius 1 is 1.10 bits per heavy atom. The smallest absolute Gasteiger partial charge is 0.306 e. The average molecular weight is 572 g/mol. The van der Waals surface area contributed by atoms with Crippen molar-refractivity contribution in [2.24, 2.45) is 11.8 Å². The number of nitrogens with zero attached hydrogens (tertiary/aromatic N) is 3. The van der Waals surface area contributed by atoms with Gasteiger partial charge in [0.05, 0.1) is 17.2 Å². The number of hydrogen-bond donors (Lipinski definition) is 3. The molecule has 11 nitrogen and oxygen atoms in total. The van der Waals surface area contributed by atoms with Crippen LogP contribution in [0.4, 0.5) is 0 Å². The summed E-state index contributed by atoms with van der Waals surface area (Å²) in [5.74, 6) is -1.05. The van der Waals surface area contributed by atoms with E-state index >= 15 is 0 Å². The van der Waals surface area contributed by atoms with Gasteiger partial charge in [-0.15, -0.1) is 0 Å². The Bertz CT molecular complexity index is 1540. The molecule has 0 bridgehead atoms. The van der Waals surface area contributed by atoms with Gasteiger partial charge in [0.15, 0.2) is 5.52 Å². The molecule has 12 heteroatoms. The SMILES string of the molecule is Cc1c(C(=O)N[C@H]2C[C@H](C(=O)O)C2)cc(-c2ccc(S(=O)(=O)NC(C)(C)C)c3nonc23)n1CC1CCCCC1. The predicted octanol–water partition coefficient (Wildman–Crippen LogP) is 4.25. The number of aromatic nitrogens is 3. The molecule has 2 heterocycles. The van der Waals surface area contributed by atoms with Crippen molar-refractivity contribution in [3.8, 4) is 11.3 Å². The number of carboxylic acids is 1. The fourth-order valence-corrected chi connectivity index (χ4v) is 7.44. The number of aliphatic carboxylic acids is 1. The lowest BCUT2D eigenvalue weighted by Crippen LogP contribution is -2.46. The van der Waals surface area contributed by atoms with E-state index < -0.39 is 27.4 Å². The van der Waals surface area contributed by atoms with Crippen LogP contribution < -0.4 is 10.0 Å². The lowest BCUT2D eigenvalue weighted by molar-refractivity contribution is -0.145. The number of nitrogens with one attached hydrogen (secondary N) is 2. The molecule has 2 aliphatic rings. The Morgan fingerprint density at radius 3 is 2.42 bits per heavy atom. The van der Waals surface area contributed by atoms with E-state index in [4.69, 9.17) is 4.63 Å². The molecule has 0 unspecified atom stereocenters. The molecule has 0 aliphatic heterocycles. The molecule has 2 aromatic heterocycles. The molecule has 3 N–H and O–H groups in total. The van der Waals surface area contributed by atoms with Crippen molar-refractivity contribution in [2.45, 2.75) is 95.7 Å². The first-order valence-electron chi connectivity index (χ1n) is 13.9. The van der Waals surface area contributed by atoms with E-state index in [0.29, 0.717) is 35.4 Å². The van der Waals surface area contributed by atoms with Gasteiger partial charge in [-0.2, -0.15) is 0 Å². The van der Waals surface area contributed by atoms with Crippen molar-refractivity contribution in [1.29, 1.82) is 0 Å². The Kier molecular flexibility index (Phi) is 7.51. The summed E-state index contributed by atoms with van der Waals surface area (Å²) in [4.78, 5) is 24.5. The van der Waals surface area contributed by atoms with Gasteiger partial charge in [-0.25, -0.2) is 17.8 Å². The lowest BCUT2D eigenvalue weighted by Gasteiger charge is -2.32. The molecule has 2 saturated carbocycles. The van der Waals surface area contributed by atoms with Crippen LogP contribution in [0.15, 0.2) is 27.7 Å². The summed E-state index contributed by atoms with van der Waals surface area (Å²) in [6.45, 7) is 7.91. The van der Waals surface area contributed by atoms with Crippen LogP contribution in [0.3, 0.4) is 0 Å². The molecule has 40 heavy (non-hydrogen) atoms. The molecule has 0 spiro atoms. The Hall–Kier alpha value is -3.25. The van der Waals surface area contributed by atoms with Crippen molar-refractivity contribution < 1.29 is 27.7 Å². The van der Waals surface area contributed by atoms with Crippen LogP contribution in [0.1, 0.15) is 81.8 Å². The van der Waals surface area contributed by atoms with Crippen molar-refractivity contribution in [2.75, 3.05) is 0 Å². The van der Waals surface area contributed by atoms with Gasteiger partial charge in [-0.05, 0) is 87.8 Å². The molecule has 0 radical (unpaired) electrons. The molecule has 0 saturated heterocycles. The highest BCUT2D eigenvalue weighted by Crippen LogP contribution is 2.36. The third kappa shape index (κ3) is 5.64. The molecular weight excluding hydrogens is 534 g/mol. The summed E-state index contributed by atoms with van der Waals surface area (Å²) in [5.41, 5.74) is 2.38. The van der Waals surface area contributed by atoms with Crippen LogP contribution in [0.5, 0.6) is 0 Å². The molecule has 216 valence electrons. The second kappa shape index (κ2) is 10.6. The predicted molar refractivity (Wildman–Crippen MR) is 148 cm³/mol. The first-order chi connectivity index (χ1) is 18.8. The third-order valence-corrected chi connectivity index (χ3v) is 9.77. The molecule has 1 aromatic carbocycles. The first kappa shape index (κ1) is 28.3. The molecule has 5 rings (SSSR count). The van der Waals surface area contributed by atoms with E-state index in [1.165, 1.54) is 25.3 Å². The zero-order chi connectivity index (χ0) is 28.8. The molecule has 2 fully saturated rings. The number of amides is 1. The average Bonchev–Trinajstić information content (AvgIpc) is 3.45. The number of carbonyl (C=O) groups excluding carboxylic acids is 1. The molecule has 0 atom stereocenters. The number of carbonyl (C=O) groups is 2. The highest BCUT2D eigenvalue weighted by atomic mass is 32.2. The Balaban J connectivity index is 1.54. The standard InChI is InChI=1S/C28H37N5O6S/c1-16-21(26(34)29-19-12-18(13-19)27(35)36)14-22(33(16)15-17-8-6-5-7-9-17)20-10-11-23(25-24(20)30-39-31-25)40(37,38)32-28(2,3)4/h10-11,14,17-19,32H,5-9,12-13,15H2,1-4H3,(H,29,34)(H,35,36)/t18-,19-. The van der Waals surface area contributed by atoms with Crippen LogP contribution in [0.25, 0.3) is 22.3 Å². The van der Waals surface area contributed by atoms with E-state index in [1.807, 2.05) is 13.0 Å². The summed E-state index contributed by atoms with van der Waals surface area (Å²) in [6.07, 6.45) is 6.61. The van der Waals surface area contributed by atoms with Crippen molar-refractivity contribution in [3.63, 3.8) is 0 Å². The van der Waals surface area contributed by atoms with Gasteiger partial charge in [0, 0.05) is 29.4 Å². The number of hydrogen-bond acceptors (Lipinski definition) is 7. The minimum Gasteiger partial charge on any atom is -0.481 e. The number of rotatable bonds is 8. The summed E-state index contributed by atoms with van der Waals surface area (Å²) in [7, 11) is -3.91. The van der Waals surface area contributed by atoms with Gasteiger partial charge in [0.1, 0.15) is 10.4 Å². The quantitative estimate of drug-likeness (QED) is 0.362. The van der Waals surface area contributed by atoms with E-state index in [-0.39, 0.29) is 22.4 Å². The van der Waals surface area contributed by atoms with E-state index in [1.54, 1.807) is 26.8 Å². The maximum Gasteiger partial charge on any atom is 0.306 e. The highest BCUT2D eigenvalue weighted by Gasteiger charge is 2.36. The van der Waals surface area contributed by atoms with E-state index in [9.17, 15) is 23.1 Å². The first-order valence-corrected chi connectivity index (χ1v) is 15.4. The van der Waals surface area contributed by atoms with Crippen LogP contribution in [-0.4, -0.2) is 51.9 Å². The van der Waals surface area contributed by atoms with Crippen molar-refractivity contribution in [3.05, 3.63) is 29.5 Å². The minimum atomic E-state index is -3.91. The fraction of sp³-hybridized carbons (Fsp3) is 0.571. The minimum absolute atomic E-state index is 0.0273. The van der Waals surface area contributed by atoms with Gasteiger partial charge in [-0.3, -0.25) is 9.59 Å². The Morgan fingerprint density at radius 2 is 1.77 bits per heavy atom. The number of benzene rings is 1. The van der Waals surface area contributed by atoms with Gasteiger partial charge in [0.2, 0.25) is 10.0 Å². The van der Waals surface area contributed by atoms with Crippen LogP contribution in [-0.2, 0) is 21.4 Å². The monoisotopic (exact) mass is 571 g/mol. The summed E-state index contributed by atoms with van der Waals surface area (Å²) in [5, 5.41) is 20.2. The Labute approximate surface area is 233 Å². The third-order valence-electron chi connectivity index (χ3n) is 7.98. The van der Waals surface area contributed by atoms with Crippen LogP contribution >= 0.6 is 0 Å². The second-order valence-corrected chi connectivity index (χ2v) is 13.9. The number of fused-ring (bicyclic) bond motifs is 1. The maximum absolute atomic E-state index is 13.4. The number of sulfonamides is 1. The topological polar surface area (TPSA) is 156 Å². The van der Waals surface area contributed by atoms with Crippen molar-refractivity contribution >= 4 is 32.9 Å². The van der Waals surface area contributed by atoms with Gasteiger partial charge in [-0.1, -0.05) is 19.3 Å². The van der Waals surface area contributed by atoms with Crippen molar-refractivity contribution in [1.82, 2.24) is 24.9 Å². The highest BCUT2D eigenvalue weighted by molar-refractivity contribution is 7.89. The van der Waals surface area contributed by atoms with E-state index in [2.05, 4.69) is 24.9 Å². The maximum atomic E-state index is 13.4. The molecule has 1 amide bonds. The summed E-state index contributed by atoms with van der Waals surface area (Å²) >= 11 is 0. The van der Waals surface area contributed by atoms with E-state index in [0.717, 1.165) is 30.8 Å². The second-order valence-electron chi connectivity index (χ2n) is 12.2. The zero-order valence-electron chi connectivity index (χ0n) is 23.4. The van der Waals surface area contributed by atoms with Gasteiger partial charge in [0.25, 0.3) is 5.91 Å². The van der Waals surface area contributed by atoms with Gasteiger partial charge < -0.3 is 15.0 Å².